The summed E-state index contributed by atoms with van der Waals surface area (Å²) >= 11 is 6.43. The third-order valence-corrected chi connectivity index (χ3v) is 9.33. The Kier molecular flexibility index (Phi) is 6.77. The molecule has 36 heavy (non-hydrogen) atoms. The van der Waals surface area contributed by atoms with Crippen LogP contribution in [-0.2, 0) is 17.5 Å². The Morgan fingerprint density at radius 2 is 1.81 bits per heavy atom. The van der Waals surface area contributed by atoms with Crippen molar-refractivity contribution in [2.24, 2.45) is 0 Å². The van der Waals surface area contributed by atoms with Crippen LogP contribution in [0.25, 0.3) is 0 Å². The van der Waals surface area contributed by atoms with Crippen molar-refractivity contribution in [2.75, 3.05) is 13.1 Å². The number of rotatable bonds is 9. The van der Waals surface area contributed by atoms with E-state index in [1.807, 2.05) is 12.3 Å². The number of carbonyl (C=O) groups excluding carboxylic acids is 1. The molecule has 6 nitrogen and oxygen atoms in total. The molecule has 1 unspecified atom stereocenters. The zero-order chi connectivity index (χ0) is 24.8. The quantitative estimate of drug-likeness (QED) is 0.480. The molecule has 1 atom stereocenters. The van der Waals surface area contributed by atoms with Crippen molar-refractivity contribution in [3.63, 3.8) is 0 Å². The zero-order valence-corrected chi connectivity index (χ0v) is 21.8. The van der Waals surface area contributed by atoms with E-state index in [1.165, 1.54) is 24.5 Å². The van der Waals surface area contributed by atoms with Gasteiger partial charge in [-0.15, -0.1) is 0 Å². The molecule has 3 saturated carbocycles. The molecule has 4 fully saturated rings. The van der Waals surface area contributed by atoms with Crippen LogP contribution >= 0.6 is 11.6 Å². The molecule has 6 rings (SSSR count). The molecule has 1 saturated heterocycles. The molecule has 1 aromatic heterocycles. The predicted molar refractivity (Wildman–Crippen MR) is 137 cm³/mol. The summed E-state index contributed by atoms with van der Waals surface area (Å²) in [6.45, 7) is 2.30. The number of hydrogen-bond acceptors (Lipinski definition) is 5. The number of likely N-dealkylation sites (tertiary alicyclic amines) is 1. The minimum Gasteiger partial charge on any atom is -0.473 e. The number of halogens is 2. The first kappa shape index (κ1) is 24.3. The van der Waals surface area contributed by atoms with Crippen molar-refractivity contribution in [1.82, 2.24) is 14.6 Å². The normalized spacial score (nSPS) is 21.8. The summed E-state index contributed by atoms with van der Waals surface area (Å²) in [7, 11) is -1.43. The van der Waals surface area contributed by atoms with Gasteiger partial charge in [0.15, 0.2) is 0 Å². The van der Waals surface area contributed by atoms with E-state index >= 15 is 0 Å². The molecule has 4 aliphatic rings. The molecular formula is C27H31ClFN3O3S. The Morgan fingerprint density at radius 1 is 1.08 bits per heavy atom. The van der Waals surface area contributed by atoms with Crippen LogP contribution in [0.4, 0.5) is 4.39 Å². The first-order valence-corrected chi connectivity index (χ1v) is 14.6. The molecule has 3 aliphatic carbocycles. The summed E-state index contributed by atoms with van der Waals surface area (Å²) in [4.78, 5) is 19.4. The van der Waals surface area contributed by atoms with E-state index in [1.54, 1.807) is 6.07 Å². The van der Waals surface area contributed by atoms with Crippen molar-refractivity contribution >= 4 is 28.5 Å². The number of benzene rings is 1. The van der Waals surface area contributed by atoms with Gasteiger partial charge < -0.3 is 4.74 Å². The van der Waals surface area contributed by atoms with Crippen molar-refractivity contribution < 1.29 is 18.1 Å². The van der Waals surface area contributed by atoms with E-state index in [9.17, 15) is 13.4 Å². The minimum absolute atomic E-state index is 0.00107. The standard InChI is InChI=1S/C27H31ClFN3O3S/c28-24-11-18(16-1-2-16)14-30-27(24)35-20-7-9-32(10-8-20)15-19-12-25(29)23(13-22(19)17-3-4-17)26(33)31-36(34)21-5-6-21/h11-14,16-17,20-21H,1-10,15H2,(H,31,33). The van der Waals surface area contributed by atoms with E-state index < -0.39 is 22.7 Å². The SMILES string of the molecule is O=C(NS(=O)C1CC1)c1cc(C2CC2)c(CN2CCC(Oc3ncc(C4CC4)cc3Cl)CC2)cc1F. The summed E-state index contributed by atoms with van der Waals surface area (Å²) in [6.07, 6.45) is 9.84. The van der Waals surface area contributed by atoms with Crippen molar-refractivity contribution in [1.29, 1.82) is 0 Å². The largest absolute Gasteiger partial charge is 0.473 e. The highest BCUT2D eigenvalue weighted by molar-refractivity contribution is 7.84. The average Bonchev–Trinajstić information content (AvgIpc) is 3.71. The number of hydrogen-bond donors (Lipinski definition) is 1. The van der Waals surface area contributed by atoms with Crippen LogP contribution in [0.2, 0.25) is 5.02 Å². The van der Waals surface area contributed by atoms with E-state index in [2.05, 4.69) is 14.6 Å². The highest BCUT2D eigenvalue weighted by Crippen LogP contribution is 2.43. The Morgan fingerprint density at radius 3 is 2.44 bits per heavy atom. The maximum Gasteiger partial charge on any atom is 0.265 e. The third kappa shape index (κ3) is 5.60. The maximum atomic E-state index is 15.0. The summed E-state index contributed by atoms with van der Waals surface area (Å²) in [5.41, 5.74) is 3.18. The van der Waals surface area contributed by atoms with Gasteiger partial charge in [-0.2, -0.15) is 0 Å². The predicted octanol–water partition coefficient (Wildman–Crippen LogP) is 5.23. The van der Waals surface area contributed by atoms with Gasteiger partial charge in [0.25, 0.3) is 5.91 Å². The molecular weight excluding hydrogens is 501 g/mol. The molecule has 1 N–H and O–H groups in total. The minimum atomic E-state index is -1.43. The summed E-state index contributed by atoms with van der Waals surface area (Å²) in [5, 5.41) is 0.594. The Labute approximate surface area is 218 Å². The highest BCUT2D eigenvalue weighted by atomic mass is 35.5. The van der Waals surface area contributed by atoms with Crippen LogP contribution in [-0.4, -0.2) is 44.4 Å². The topological polar surface area (TPSA) is 71.5 Å². The van der Waals surface area contributed by atoms with E-state index in [-0.39, 0.29) is 16.9 Å². The number of carbonyl (C=O) groups is 1. The lowest BCUT2D eigenvalue weighted by Crippen LogP contribution is -2.38. The number of piperidine rings is 1. The zero-order valence-electron chi connectivity index (χ0n) is 20.2. The monoisotopic (exact) mass is 531 g/mol. The number of nitrogens with one attached hydrogen (secondary N) is 1. The van der Waals surface area contributed by atoms with Gasteiger partial charge in [-0.05, 0) is 98.1 Å². The van der Waals surface area contributed by atoms with Gasteiger partial charge >= 0.3 is 0 Å². The lowest BCUT2D eigenvalue weighted by atomic mass is 9.97. The van der Waals surface area contributed by atoms with Gasteiger partial charge in [-0.1, -0.05) is 11.6 Å². The second-order valence-corrected chi connectivity index (χ2v) is 12.5. The van der Waals surface area contributed by atoms with Gasteiger partial charge in [-0.25, -0.2) is 13.6 Å². The number of nitrogens with zero attached hydrogens (tertiary/aromatic N) is 2. The molecule has 0 spiro atoms. The van der Waals surface area contributed by atoms with Crippen molar-refractivity contribution in [3.05, 3.63) is 57.5 Å². The van der Waals surface area contributed by atoms with Crippen molar-refractivity contribution in [2.45, 2.75) is 81.1 Å². The molecule has 9 heteroatoms. The number of aromatic nitrogens is 1. The van der Waals surface area contributed by atoms with Gasteiger partial charge in [-0.3, -0.25) is 14.4 Å². The molecule has 1 aliphatic heterocycles. The fraction of sp³-hybridized carbons (Fsp3) is 0.556. The van der Waals surface area contributed by atoms with Crippen LogP contribution < -0.4 is 9.46 Å². The molecule has 0 bridgehead atoms. The molecule has 1 amide bonds. The number of pyridine rings is 1. The first-order chi connectivity index (χ1) is 17.4. The Bertz CT molecular complexity index is 1190. The van der Waals surface area contributed by atoms with Crippen LogP contribution in [0.5, 0.6) is 5.88 Å². The van der Waals surface area contributed by atoms with Crippen LogP contribution in [0.15, 0.2) is 24.4 Å². The first-order valence-electron chi connectivity index (χ1n) is 13.0. The van der Waals surface area contributed by atoms with Gasteiger partial charge in [0, 0.05) is 25.8 Å². The molecule has 0 radical (unpaired) electrons. The molecule has 2 heterocycles. The average molecular weight is 532 g/mol. The molecule has 2 aromatic rings. The smallest absolute Gasteiger partial charge is 0.265 e. The molecule has 1 aromatic carbocycles. The van der Waals surface area contributed by atoms with Gasteiger partial charge in [0.2, 0.25) is 5.88 Å². The maximum absolute atomic E-state index is 15.0. The van der Waals surface area contributed by atoms with Crippen LogP contribution in [0.1, 0.15) is 90.3 Å². The van der Waals surface area contributed by atoms with E-state index in [0.29, 0.717) is 29.3 Å². The Balaban J connectivity index is 1.08. The summed E-state index contributed by atoms with van der Waals surface area (Å²) < 4.78 is 35.7. The van der Waals surface area contributed by atoms with Crippen molar-refractivity contribution in [3.8, 4) is 5.88 Å². The van der Waals surface area contributed by atoms with E-state index in [4.69, 9.17) is 16.3 Å². The number of ether oxygens (including phenoxy) is 1. The van der Waals surface area contributed by atoms with Crippen LogP contribution in [0, 0.1) is 5.82 Å². The number of amides is 1. The van der Waals surface area contributed by atoms with Gasteiger partial charge in [0.05, 0.1) is 10.8 Å². The summed E-state index contributed by atoms with van der Waals surface area (Å²) in [6, 6.07) is 5.19. The fourth-order valence-electron chi connectivity index (χ4n) is 4.98. The third-order valence-electron chi connectivity index (χ3n) is 7.60. The van der Waals surface area contributed by atoms with Gasteiger partial charge in [0.1, 0.15) is 27.9 Å². The summed E-state index contributed by atoms with van der Waals surface area (Å²) in [5.74, 6) is 0.352. The Hall–Kier alpha value is -2.03. The fourth-order valence-corrected chi connectivity index (χ4v) is 6.22. The lowest BCUT2D eigenvalue weighted by molar-refractivity contribution is 0.0929. The van der Waals surface area contributed by atoms with Crippen LogP contribution in [0.3, 0.4) is 0 Å². The van der Waals surface area contributed by atoms with E-state index in [0.717, 1.165) is 62.7 Å². The second kappa shape index (κ2) is 10.0. The molecule has 192 valence electrons. The lowest BCUT2D eigenvalue weighted by Gasteiger charge is -2.32. The second-order valence-electron chi connectivity index (χ2n) is 10.7. The highest BCUT2D eigenvalue weighted by Gasteiger charge is 2.33.